The molecule has 0 saturated heterocycles. The molecule has 2 aromatic carbocycles. The number of nitrogens with two attached hydrogens (primary N) is 1. The van der Waals surface area contributed by atoms with Crippen molar-refractivity contribution in [3.63, 3.8) is 0 Å². The molecule has 0 aromatic heterocycles. The van der Waals surface area contributed by atoms with Crippen LogP contribution >= 0.6 is 0 Å². The van der Waals surface area contributed by atoms with Gasteiger partial charge in [0.25, 0.3) is 5.69 Å². The van der Waals surface area contributed by atoms with E-state index < -0.39 is 32.0 Å². The molecule has 0 atom stereocenters. The van der Waals surface area contributed by atoms with Crippen LogP contribution in [0.2, 0.25) is 0 Å². The number of rotatable bonds is 4. The maximum absolute atomic E-state index is 13.2. The molecule has 8 heteroatoms. The second-order valence-corrected chi connectivity index (χ2v) is 6.35. The van der Waals surface area contributed by atoms with Crippen LogP contribution in [-0.2, 0) is 15.6 Å². The summed E-state index contributed by atoms with van der Waals surface area (Å²) in [4.78, 5) is 10.1. The van der Waals surface area contributed by atoms with Gasteiger partial charge in [-0.3, -0.25) is 10.1 Å². The largest absolute Gasteiger partial charge is 0.399 e. The second-order valence-electron chi connectivity index (χ2n) is 4.36. The van der Waals surface area contributed by atoms with Gasteiger partial charge in [-0.1, -0.05) is 6.07 Å². The summed E-state index contributed by atoms with van der Waals surface area (Å²) in [7, 11) is -3.86. The number of sulfone groups is 1. The number of nitrogens with zero attached hydrogens (tertiary/aromatic N) is 1. The highest BCUT2D eigenvalue weighted by Gasteiger charge is 2.22. The average molecular weight is 310 g/mol. The third kappa shape index (κ3) is 3.34. The minimum atomic E-state index is -3.86. The Morgan fingerprint density at radius 2 is 1.90 bits per heavy atom. The topological polar surface area (TPSA) is 103 Å². The number of hydrogen-bond donors (Lipinski definition) is 1. The van der Waals surface area contributed by atoms with Crippen molar-refractivity contribution in [2.24, 2.45) is 0 Å². The van der Waals surface area contributed by atoms with Crippen molar-refractivity contribution in [1.29, 1.82) is 0 Å². The molecule has 110 valence electrons. The first-order valence-electron chi connectivity index (χ1n) is 5.81. The van der Waals surface area contributed by atoms with Gasteiger partial charge in [0.15, 0.2) is 9.84 Å². The van der Waals surface area contributed by atoms with Crippen molar-refractivity contribution in [2.75, 3.05) is 5.73 Å². The molecule has 2 aromatic rings. The molecule has 21 heavy (non-hydrogen) atoms. The maximum atomic E-state index is 13.2. The maximum Gasteiger partial charge on any atom is 0.273 e. The van der Waals surface area contributed by atoms with Gasteiger partial charge in [-0.05, 0) is 30.3 Å². The molecular formula is C13H11FN2O4S. The Morgan fingerprint density at radius 1 is 1.19 bits per heavy atom. The number of nitro benzene ring substituents is 1. The van der Waals surface area contributed by atoms with E-state index in [1.165, 1.54) is 24.3 Å². The lowest BCUT2D eigenvalue weighted by Crippen LogP contribution is -2.08. The van der Waals surface area contributed by atoms with Gasteiger partial charge < -0.3 is 5.73 Å². The van der Waals surface area contributed by atoms with Crippen LogP contribution in [0.4, 0.5) is 15.8 Å². The number of benzene rings is 2. The van der Waals surface area contributed by atoms with E-state index in [1.54, 1.807) is 0 Å². The Bertz CT molecular complexity index is 806. The van der Waals surface area contributed by atoms with E-state index in [-0.39, 0.29) is 16.1 Å². The summed E-state index contributed by atoms with van der Waals surface area (Å²) < 4.78 is 37.7. The monoisotopic (exact) mass is 310 g/mol. The van der Waals surface area contributed by atoms with Crippen LogP contribution in [0.25, 0.3) is 0 Å². The van der Waals surface area contributed by atoms with Crippen molar-refractivity contribution < 1.29 is 17.7 Å². The van der Waals surface area contributed by atoms with E-state index in [1.807, 2.05) is 0 Å². The molecular weight excluding hydrogens is 299 g/mol. The quantitative estimate of drug-likeness (QED) is 0.530. The van der Waals surface area contributed by atoms with Gasteiger partial charge in [0.2, 0.25) is 0 Å². The van der Waals surface area contributed by atoms with Crippen molar-refractivity contribution in [3.8, 4) is 0 Å². The normalized spacial score (nSPS) is 11.3. The third-order valence-electron chi connectivity index (χ3n) is 2.80. The number of nitro groups is 1. The first-order chi connectivity index (χ1) is 9.79. The predicted molar refractivity (Wildman–Crippen MR) is 74.8 cm³/mol. The first kappa shape index (κ1) is 14.9. The predicted octanol–water partition coefficient (Wildman–Crippen LogP) is 2.29. The fourth-order valence-electron chi connectivity index (χ4n) is 1.84. The molecule has 2 rings (SSSR count). The smallest absolute Gasteiger partial charge is 0.273 e. The summed E-state index contributed by atoms with van der Waals surface area (Å²) in [5.74, 6) is -1.41. The van der Waals surface area contributed by atoms with E-state index in [4.69, 9.17) is 5.73 Å². The zero-order chi connectivity index (χ0) is 15.6. The van der Waals surface area contributed by atoms with E-state index in [0.717, 1.165) is 18.2 Å². The lowest BCUT2D eigenvalue weighted by Gasteiger charge is -2.06. The van der Waals surface area contributed by atoms with Gasteiger partial charge in [-0.15, -0.1) is 0 Å². The molecule has 6 nitrogen and oxygen atoms in total. The van der Waals surface area contributed by atoms with Crippen LogP contribution in [0.3, 0.4) is 0 Å². The van der Waals surface area contributed by atoms with Crippen LogP contribution in [0.15, 0.2) is 47.4 Å². The number of hydrogen-bond acceptors (Lipinski definition) is 5. The SMILES string of the molecule is Nc1cccc(S(=O)(=O)Cc2cc(F)ccc2[N+](=O)[O-])c1. The zero-order valence-corrected chi connectivity index (χ0v) is 11.5. The molecule has 0 radical (unpaired) electrons. The van der Waals surface area contributed by atoms with Gasteiger partial charge in [-0.25, -0.2) is 12.8 Å². The van der Waals surface area contributed by atoms with E-state index in [9.17, 15) is 22.9 Å². The van der Waals surface area contributed by atoms with Gasteiger partial charge >= 0.3 is 0 Å². The molecule has 0 bridgehead atoms. The molecule has 0 aliphatic heterocycles. The lowest BCUT2D eigenvalue weighted by molar-refractivity contribution is -0.385. The zero-order valence-electron chi connectivity index (χ0n) is 10.7. The summed E-state index contributed by atoms with van der Waals surface area (Å²) in [6, 6.07) is 8.26. The Kier molecular flexibility index (Phi) is 3.90. The molecule has 0 amide bonds. The third-order valence-corrected chi connectivity index (χ3v) is 4.46. The highest BCUT2D eigenvalue weighted by atomic mass is 32.2. The average Bonchev–Trinajstić information content (AvgIpc) is 2.38. The Balaban J connectivity index is 2.46. The van der Waals surface area contributed by atoms with E-state index >= 15 is 0 Å². The van der Waals surface area contributed by atoms with Crippen LogP contribution < -0.4 is 5.73 Å². The van der Waals surface area contributed by atoms with Gasteiger partial charge in [0, 0.05) is 17.3 Å². The summed E-state index contributed by atoms with van der Waals surface area (Å²) in [5.41, 5.74) is 5.13. The molecule has 0 spiro atoms. The Morgan fingerprint density at radius 3 is 2.52 bits per heavy atom. The molecule has 0 aliphatic rings. The highest BCUT2D eigenvalue weighted by molar-refractivity contribution is 7.90. The fraction of sp³-hybridized carbons (Fsp3) is 0.0769. The summed E-state index contributed by atoms with van der Waals surface area (Å²) in [6.45, 7) is 0. The minimum Gasteiger partial charge on any atom is -0.399 e. The second kappa shape index (κ2) is 5.49. The van der Waals surface area contributed by atoms with E-state index in [0.29, 0.717) is 0 Å². The van der Waals surface area contributed by atoms with E-state index in [2.05, 4.69) is 0 Å². The number of nitrogen functional groups attached to an aromatic ring is 1. The molecule has 0 unspecified atom stereocenters. The first-order valence-corrected chi connectivity index (χ1v) is 7.46. The fourth-order valence-corrected chi connectivity index (χ4v) is 3.25. The van der Waals surface area contributed by atoms with Crippen LogP contribution in [0.1, 0.15) is 5.56 Å². The Labute approximate surface area is 120 Å². The van der Waals surface area contributed by atoms with Crippen molar-refractivity contribution in [2.45, 2.75) is 10.6 Å². The van der Waals surface area contributed by atoms with Crippen molar-refractivity contribution >= 4 is 21.2 Å². The summed E-state index contributed by atoms with van der Waals surface area (Å²) in [5, 5.41) is 10.9. The van der Waals surface area contributed by atoms with Crippen LogP contribution in [-0.4, -0.2) is 13.3 Å². The number of anilines is 1. The van der Waals surface area contributed by atoms with Crippen molar-refractivity contribution in [3.05, 3.63) is 64.0 Å². The standard InChI is InChI=1S/C13H11FN2O4S/c14-10-4-5-13(16(17)18)9(6-10)8-21(19,20)12-3-1-2-11(15)7-12/h1-7H,8,15H2. The molecule has 0 aliphatic carbocycles. The van der Waals surface area contributed by atoms with Crippen LogP contribution in [0, 0.1) is 15.9 Å². The molecule has 2 N–H and O–H groups in total. The molecule has 0 heterocycles. The van der Waals surface area contributed by atoms with Crippen LogP contribution in [0.5, 0.6) is 0 Å². The minimum absolute atomic E-state index is 0.0685. The van der Waals surface area contributed by atoms with Gasteiger partial charge in [0.05, 0.1) is 15.6 Å². The number of halogens is 1. The van der Waals surface area contributed by atoms with Crippen molar-refractivity contribution in [1.82, 2.24) is 0 Å². The van der Waals surface area contributed by atoms with Gasteiger partial charge in [-0.2, -0.15) is 0 Å². The van der Waals surface area contributed by atoms with Gasteiger partial charge in [0.1, 0.15) is 5.82 Å². The highest BCUT2D eigenvalue weighted by Crippen LogP contribution is 2.25. The summed E-state index contributed by atoms with van der Waals surface area (Å²) >= 11 is 0. The Hall–Kier alpha value is -2.48. The summed E-state index contributed by atoms with van der Waals surface area (Å²) in [6.07, 6.45) is 0. The molecule has 0 saturated carbocycles. The lowest BCUT2D eigenvalue weighted by atomic mass is 10.2. The molecule has 0 fully saturated rings.